The second kappa shape index (κ2) is 6.53. The third-order valence-corrected chi connectivity index (χ3v) is 4.99. The molecule has 24 heavy (non-hydrogen) atoms. The number of nitrogens with zero attached hydrogens (tertiary/aromatic N) is 2. The second-order valence-electron chi connectivity index (χ2n) is 6.09. The molecule has 1 aromatic carbocycles. The molecular formula is C19H19N3OS. The Morgan fingerprint density at radius 2 is 1.79 bits per heavy atom. The fourth-order valence-corrected chi connectivity index (χ4v) is 3.41. The first-order valence-electron chi connectivity index (χ1n) is 7.74. The van der Waals surface area contributed by atoms with Gasteiger partial charge in [-0.2, -0.15) is 0 Å². The van der Waals surface area contributed by atoms with E-state index in [0.717, 1.165) is 22.0 Å². The van der Waals surface area contributed by atoms with Crippen LogP contribution in [0.3, 0.4) is 0 Å². The highest BCUT2D eigenvalue weighted by Gasteiger charge is 2.25. The first-order valence-corrected chi connectivity index (χ1v) is 8.56. The molecule has 0 saturated heterocycles. The Labute approximate surface area is 145 Å². The molecule has 0 spiro atoms. The summed E-state index contributed by atoms with van der Waals surface area (Å²) < 4.78 is 0. The highest BCUT2D eigenvalue weighted by molar-refractivity contribution is 7.17. The summed E-state index contributed by atoms with van der Waals surface area (Å²) in [4.78, 5) is 22.2. The van der Waals surface area contributed by atoms with Crippen LogP contribution < -0.4 is 5.32 Å². The predicted molar refractivity (Wildman–Crippen MR) is 97.0 cm³/mol. The van der Waals surface area contributed by atoms with Crippen molar-refractivity contribution in [3.05, 3.63) is 70.9 Å². The van der Waals surface area contributed by atoms with Gasteiger partial charge in [-0.05, 0) is 38.5 Å². The Bertz CT molecular complexity index is 842. The Kier molecular flexibility index (Phi) is 4.44. The molecule has 3 aromatic rings. The number of hydrogen-bond acceptors (Lipinski definition) is 4. The minimum atomic E-state index is -0.458. The van der Waals surface area contributed by atoms with Crippen molar-refractivity contribution < 1.29 is 4.79 Å². The lowest BCUT2D eigenvalue weighted by Crippen LogP contribution is -2.40. The van der Waals surface area contributed by atoms with Crippen LogP contribution in [0, 0.1) is 6.92 Å². The van der Waals surface area contributed by atoms with E-state index in [2.05, 4.69) is 15.3 Å². The summed E-state index contributed by atoms with van der Waals surface area (Å²) in [5, 5.41) is 3.87. The molecule has 2 heterocycles. The van der Waals surface area contributed by atoms with Crippen molar-refractivity contribution in [2.75, 3.05) is 0 Å². The van der Waals surface area contributed by atoms with Crippen molar-refractivity contribution in [3.63, 3.8) is 0 Å². The minimum Gasteiger partial charge on any atom is -0.342 e. The number of hydrogen-bond donors (Lipinski definition) is 1. The van der Waals surface area contributed by atoms with Gasteiger partial charge in [0.15, 0.2) is 0 Å². The van der Waals surface area contributed by atoms with Gasteiger partial charge in [0.25, 0.3) is 5.91 Å². The number of rotatable bonds is 4. The fourth-order valence-electron chi connectivity index (χ4n) is 2.47. The quantitative estimate of drug-likeness (QED) is 0.777. The number of carbonyl (C=O) groups is 1. The average Bonchev–Trinajstić information content (AvgIpc) is 2.98. The summed E-state index contributed by atoms with van der Waals surface area (Å²) in [5.41, 5.74) is 2.11. The number of amides is 1. The van der Waals surface area contributed by atoms with Crippen LogP contribution in [0.4, 0.5) is 0 Å². The molecule has 0 bridgehead atoms. The maximum Gasteiger partial charge on any atom is 0.263 e. The lowest BCUT2D eigenvalue weighted by Gasteiger charge is -2.26. The van der Waals surface area contributed by atoms with Gasteiger partial charge in [-0.3, -0.25) is 9.78 Å². The van der Waals surface area contributed by atoms with Gasteiger partial charge in [0, 0.05) is 6.20 Å². The van der Waals surface area contributed by atoms with Crippen LogP contribution in [0.25, 0.3) is 10.7 Å². The molecule has 0 radical (unpaired) electrons. The third kappa shape index (κ3) is 3.36. The summed E-state index contributed by atoms with van der Waals surface area (Å²) in [5.74, 6) is -0.110. The summed E-state index contributed by atoms with van der Waals surface area (Å²) in [6, 6.07) is 15.6. The molecule has 5 heteroatoms. The van der Waals surface area contributed by atoms with E-state index in [1.807, 2.05) is 69.3 Å². The van der Waals surface area contributed by atoms with Crippen molar-refractivity contribution in [3.8, 4) is 10.7 Å². The van der Waals surface area contributed by atoms with Crippen LogP contribution in [0.15, 0.2) is 54.7 Å². The predicted octanol–water partition coefficient (Wildman–Crippen LogP) is 4.18. The Balaban J connectivity index is 1.85. The number of nitrogens with one attached hydrogen (secondary N) is 1. The van der Waals surface area contributed by atoms with E-state index < -0.39 is 5.54 Å². The molecule has 122 valence electrons. The third-order valence-electron chi connectivity index (χ3n) is 3.81. The maximum atomic E-state index is 12.7. The van der Waals surface area contributed by atoms with Crippen LogP contribution in [0.2, 0.25) is 0 Å². The van der Waals surface area contributed by atoms with E-state index in [1.165, 1.54) is 11.3 Å². The lowest BCUT2D eigenvalue weighted by molar-refractivity contribution is 0.0915. The van der Waals surface area contributed by atoms with E-state index in [9.17, 15) is 4.79 Å². The Morgan fingerprint density at radius 3 is 2.46 bits per heavy atom. The normalized spacial score (nSPS) is 11.3. The molecule has 0 aliphatic rings. The average molecular weight is 337 g/mol. The largest absolute Gasteiger partial charge is 0.342 e. The monoisotopic (exact) mass is 337 g/mol. The SMILES string of the molecule is Cc1nc(-c2ccccn2)sc1C(=O)NC(C)(C)c1ccccc1. The van der Waals surface area contributed by atoms with Gasteiger partial charge < -0.3 is 5.32 Å². The van der Waals surface area contributed by atoms with Gasteiger partial charge >= 0.3 is 0 Å². The first-order chi connectivity index (χ1) is 11.5. The summed E-state index contributed by atoms with van der Waals surface area (Å²) >= 11 is 1.37. The van der Waals surface area contributed by atoms with Crippen molar-refractivity contribution >= 4 is 17.2 Å². The molecule has 0 aliphatic carbocycles. The zero-order valence-electron chi connectivity index (χ0n) is 13.9. The van der Waals surface area contributed by atoms with E-state index in [0.29, 0.717) is 4.88 Å². The molecular weight excluding hydrogens is 318 g/mol. The standard InChI is InChI=1S/C19H19N3OS/c1-13-16(24-18(21-13)15-11-7-8-12-20-15)17(23)22-19(2,3)14-9-5-4-6-10-14/h4-12H,1-3H3,(H,22,23). The highest BCUT2D eigenvalue weighted by atomic mass is 32.1. The molecule has 1 amide bonds. The van der Waals surface area contributed by atoms with Crippen molar-refractivity contribution in [1.82, 2.24) is 15.3 Å². The van der Waals surface area contributed by atoms with E-state index >= 15 is 0 Å². The lowest BCUT2D eigenvalue weighted by atomic mass is 9.94. The van der Waals surface area contributed by atoms with Gasteiger partial charge in [0.1, 0.15) is 9.88 Å². The number of pyridine rings is 1. The van der Waals surface area contributed by atoms with Crippen LogP contribution in [-0.2, 0) is 5.54 Å². The zero-order chi connectivity index (χ0) is 17.2. The number of thiazole rings is 1. The molecule has 0 atom stereocenters. The van der Waals surface area contributed by atoms with E-state index in [1.54, 1.807) is 6.20 Å². The Morgan fingerprint density at radius 1 is 1.08 bits per heavy atom. The van der Waals surface area contributed by atoms with Gasteiger partial charge in [0.05, 0.1) is 16.9 Å². The molecule has 3 rings (SSSR count). The summed E-state index contributed by atoms with van der Waals surface area (Å²) in [7, 11) is 0. The minimum absolute atomic E-state index is 0.110. The van der Waals surface area contributed by atoms with Gasteiger partial charge in [-0.1, -0.05) is 36.4 Å². The Hall–Kier alpha value is -2.53. The number of carbonyl (C=O) groups excluding carboxylic acids is 1. The molecule has 0 saturated carbocycles. The number of benzene rings is 1. The van der Waals surface area contributed by atoms with Gasteiger partial charge in [-0.15, -0.1) is 11.3 Å². The molecule has 4 nitrogen and oxygen atoms in total. The van der Waals surface area contributed by atoms with Crippen LogP contribution in [0.5, 0.6) is 0 Å². The van der Waals surface area contributed by atoms with Crippen LogP contribution in [0.1, 0.15) is 34.8 Å². The highest BCUT2D eigenvalue weighted by Crippen LogP contribution is 2.28. The van der Waals surface area contributed by atoms with Crippen LogP contribution in [-0.4, -0.2) is 15.9 Å². The first kappa shape index (κ1) is 16.3. The van der Waals surface area contributed by atoms with Crippen LogP contribution >= 0.6 is 11.3 Å². The summed E-state index contributed by atoms with van der Waals surface area (Å²) in [6.45, 7) is 5.85. The van der Waals surface area contributed by atoms with Gasteiger partial charge in [0.2, 0.25) is 0 Å². The van der Waals surface area contributed by atoms with E-state index in [-0.39, 0.29) is 5.91 Å². The van der Waals surface area contributed by atoms with Crippen molar-refractivity contribution in [2.45, 2.75) is 26.3 Å². The smallest absolute Gasteiger partial charge is 0.263 e. The van der Waals surface area contributed by atoms with Crippen molar-refractivity contribution in [1.29, 1.82) is 0 Å². The molecule has 0 unspecified atom stereocenters. The number of aromatic nitrogens is 2. The molecule has 0 aliphatic heterocycles. The maximum absolute atomic E-state index is 12.7. The van der Waals surface area contributed by atoms with Gasteiger partial charge in [-0.25, -0.2) is 4.98 Å². The molecule has 1 N–H and O–H groups in total. The van der Waals surface area contributed by atoms with Crippen molar-refractivity contribution in [2.24, 2.45) is 0 Å². The topological polar surface area (TPSA) is 54.9 Å². The molecule has 0 fully saturated rings. The summed E-state index contributed by atoms with van der Waals surface area (Å²) in [6.07, 6.45) is 1.73. The second-order valence-corrected chi connectivity index (χ2v) is 7.09. The molecule has 2 aromatic heterocycles. The number of aryl methyl sites for hydroxylation is 1. The fraction of sp³-hybridized carbons (Fsp3) is 0.211. The zero-order valence-corrected chi connectivity index (χ0v) is 14.7. The van der Waals surface area contributed by atoms with E-state index in [4.69, 9.17) is 0 Å².